The standard InChI is InChI=1S/C13H12N2O3/c14-10-5-12(13(16)18-8-6-17-7-8)15-11-4-2-1-3-9(10)11/h1-5,8H,6-7H2,(H2,14,15). The van der Waals surface area contributed by atoms with Crippen molar-refractivity contribution in [2.45, 2.75) is 6.10 Å². The monoisotopic (exact) mass is 244 g/mol. The predicted molar refractivity (Wildman–Crippen MR) is 66.2 cm³/mol. The summed E-state index contributed by atoms with van der Waals surface area (Å²) in [5.41, 5.74) is 7.35. The van der Waals surface area contributed by atoms with Gasteiger partial charge in [-0.1, -0.05) is 18.2 Å². The molecule has 0 radical (unpaired) electrons. The lowest BCUT2D eigenvalue weighted by Gasteiger charge is -2.25. The summed E-state index contributed by atoms with van der Waals surface area (Å²) in [5.74, 6) is -0.458. The fourth-order valence-corrected chi connectivity index (χ4v) is 1.80. The number of esters is 1. The van der Waals surface area contributed by atoms with Crippen molar-refractivity contribution < 1.29 is 14.3 Å². The van der Waals surface area contributed by atoms with Crippen molar-refractivity contribution in [3.63, 3.8) is 0 Å². The summed E-state index contributed by atoms with van der Waals surface area (Å²) < 4.78 is 10.1. The zero-order valence-electron chi connectivity index (χ0n) is 9.63. The number of carbonyl (C=O) groups excluding carboxylic acids is 1. The zero-order chi connectivity index (χ0) is 12.5. The van der Waals surface area contributed by atoms with E-state index in [1.54, 1.807) is 6.07 Å². The molecule has 0 bridgehead atoms. The minimum absolute atomic E-state index is 0.160. The molecule has 18 heavy (non-hydrogen) atoms. The van der Waals surface area contributed by atoms with E-state index in [2.05, 4.69) is 4.98 Å². The number of hydrogen-bond acceptors (Lipinski definition) is 5. The molecule has 1 aliphatic rings. The van der Waals surface area contributed by atoms with E-state index < -0.39 is 5.97 Å². The van der Waals surface area contributed by atoms with Crippen LogP contribution in [0.15, 0.2) is 30.3 Å². The Morgan fingerprint density at radius 3 is 2.89 bits per heavy atom. The predicted octanol–water partition coefficient (Wildman–Crippen LogP) is 1.37. The van der Waals surface area contributed by atoms with E-state index in [-0.39, 0.29) is 11.8 Å². The number of para-hydroxylation sites is 1. The largest absolute Gasteiger partial charge is 0.453 e. The molecule has 0 saturated carbocycles. The molecule has 1 aliphatic heterocycles. The first-order chi connectivity index (χ1) is 8.74. The van der Waals surface area contributed by atoms with E-state index in [1.165, 1.54) is 0 Å². The molecule has 2 heterocycles. The van der Waals surface area contributed by atoms with Crippen molar-refractivity contribution in [1.82, 2.24) is 4.98 Å². The van der Waals surface area contributed by atoms with Crippen LogP contribution in [0.25, 0.3) is 10.9 Å². The van der Waals surface area contributed by atoms with Gasteiger partial charge >= 0.3 is 5.97 Å². The number of nitrogen functional groups attached to an aromatic ring is 1. The molecule has 1 fully saturated rings. The second-order valence-corrected chi connectivity index (χ2v) is 4.18. The second kappa shape index (κ2) is 4.27. The highest BCUT2D eigenvalue weighted by Gasteiger charge is 2.24. The maximum absolute atomic E-state index is 11.8. The number of rotatable bonds is 2. The number of ether oxygens (including phenoxy) is 2. The summed E-state index contributed by atoms with van der Waals surface area (Å²) in [6.45, 7) is 0.906. The molecular formula is C13H12N2O3. The van der Waals surface area contributed by atoms with Crippen molar-refractivity contribution in [3.8, 4) is 0 Å². The van der Waals surface area contributed by atoms with Gasteiger partial charge in [0.25, 0.3) is 0 Å². The summed E-state index contributed by atoms with van der Waals surface area (Å²) in [7, 11) is 0. The third kappa shape index (κ3) is 1.89. The highest BCUT2D eigenvalue weighted by Crippen LogP contribution is 2.21. The molecule has 1 aromatic carbocycles. The first kappa shape index (κ1) is 11.0. The average molecular weight is 244 g/mol. The van der Waals surface area contributed by atoms with Crippen LogP contribution in [0.3, 0.4) is 0 Å². The molecule has 5 heteroatoms. The number of aromatic nitrogens is 1. The molecule has 0 unspecified atom stereocenters. The fraction of sp³-hybridized carbons (Fsp3) is 0.231. The van der Waals surface area contributed by atoms with E-state index in [0.717, 1.165) is 5.39 Å². The summed E-state index contributed by atoms with van der Waals surface area (Å²) in [5, 5.41) is 0.834. The lowest BCUT2D eigenvalue weighted by atomic mass is 10.1. The number of nitrogens with zero attached hydrogens (tertiary/aromatic N) is 1. The molecule has 2 N–H and O–H groups in total. The number of pyridine rings is 1. The van der Waals surface area contributed by atoms with Gasteiger partial charge in [0.15, 0.2) is 5.69 Å². The van der Waals surface area contributed by atoms with Gasteiger partial charge in [0, 0.05) is 11.1 Å². The Morgan fingerprint density at radius 2 is 2.17 bits per heavy atom. The molecule has 0 spiro atoms. The van der Waals surface area contributed by atoms with Gasteiger partial charge in [0.1, 0.15) is 6.10 Å². The van der Waals surface area contributed by atoms with Gasteiger partial charge in [-0.25, -0.2) is 9.78 Å². The van der Waals surface area contributed by atoms with Crippen LogP contribution in [0, 0.1) is 0 Å². The Kier molecular flexibility index (Phi) is 2.60. The Morgan fingerprint density at radius 1 is 1.39 bits per heavy atom. The molecule has 0 aliphatic carbocycles. The van der Waals surface area contributed by atoms with Crippen molar-refractivity contribution in [2.75, 3.05) is 18.9 Å². The Hall–Kier alpha value is -2.14. The Balaban J connectivity index is 1.94. The molecule has 2 aromatic rings. The van der Waals surface area contributed by atoms with Crippen molar-refractivity contribution in [2.24, 2.45) is 0 Å². The molecule has 0 amide bonds. The van der Waals surface area contributed by atoms with Gasteiger partial charge in [0.05, 0.1) is 18.7 Å². The van der Waals surface area contributed by atoms with Crippen LogP contribution >= 0.6 is 0 Å². The maximum Gasteiger partial charge on any atom is 0.357 e. The van der Waals surface area contributed by atoms with E-state index in [9.17, 15) is 4.79 Å². The quantitative estimate of drug-likeness (QED) is 0.807. The minimum Gasteiger partial charge on any atom is -0.453 e. The number of nitrogens with two attached hydrogens (primary N) is 1. The molecular weight excluding hydrogens is 232 g/mol. The van der Waals surface area contributed by atoms with Crippen LogP contribution in [-0.2, 0) is 9.47 Å². The molecule has 92 valence electrons. The lowest BCUT2D eigenvalue weighted by molar-refractivity contribution is -0.103. The van der Waals surface area contributed by atoms with Gasteiger partial charge < -0.3 is 15.2 Å². The zero-order valence-corrected chi connectivity index (χ0v) is 9.63. The van der Waals surface area contributed by atoms with Gasteiger partial charge in [-0.15, -0.1) is 0 Å². The SMILES string of the molecule is Nc1cc(C(=O)OC2COC2)nc2ccccc12. The number of anilines is 1. The van der Waals surface area contributed by atoms with Crippen LogP contribution in [-0.4, -0.2) is 30.3 Å². The number of fused-ring (bicyclic) bond motifs is 1. The first-order valence-corrected chi connectivity index (χ1v) is 5.68. The van der Waals surface area contributed by atoms with Gasteiger partial charge in [-0.3, -0.25) is 0 Å². The minimum atomic E-state index is -0.458. The fourth-order valence-electron chi connectivity index (χ4n) is 1.80. The summed E-state index contributed by atoms with van der Waals surface area (Å²) in [6, 6.07) is 8.96. The smallest absolute Gasteiger partial charge is 0.357 e. The van der Waals surface area contributed by atoms with Crippen molar-refractivity contribution >= 4 is 22.6 Å². The van der Waals surface area contributed by atoms with Gasteiger partial charge in [-0.05, 0) is 12.1 Å². The lowest BCUT2D eigenvalue weighted by Crippen LogP contribution is -2.38. The van der Waals surface area contributed by atoms with E-state index in [0.29, 0.717) is 24.4 Å². The van der Waals surface area contributed by atoms with Crippen LogP contribution in [0.5, 0.6) is 0 Å². The molecule has 0 atom stereocenters. The normalized spacial score (nSPS) is 15.3. The Bertz CT molecular complexity index is 608. The van der Waals surface area contributed by atoms with Crippen LogP contribution < -0.4 is 5.73 Å². The van der Waals surface area contributed by atoms with Gasteiger partial charge in [0.2, 0.25) is 0 Å². The summed E-state index contributed by atoms with van der Waals surface area (Å²) >= 11 is 0. The third-order valence-electron chi connectivity index (χ3n) is 2.84. The number of hydrogen-bond donors (Lipinski definition) is 1. The van der Waals surface area contributed by atoms with E-state index in [1.807, 2.05) is 24.3 Å². The summed E-state index contributed by atoms with van der Waals surface area (Å²) in [6.07, 6.45) is -0.160. The maximum atomic E-state index is 11.8. The topological polar surface area (TPSA) is 74.4 Å². The Labute approximate surface area is 104 Å². The van der Waals surface area contributed by atoms with Gasteiger partial charge in [-0.2, -0.15) is 0 Å². The second-order valence-electron chi connectivity index (χ2n) is 4.18. The first-order valence-electron chi connectivity index (χ1n) is 5.68. The highest BCUT2D eigenvalue weighted by molar-refractivity contribution is 5.96. The van der Waals surface area contributed by atoms with E-state index >= 15 is 0 Å². The molecule has 5 nitrogen and oxygen atoms in total. The molecule has 1 saturated heterocycles. The van der Waals surface area contributed by atoms with Crippen molar-refractivity contribution in [3.05, 3.63) is 36.0 Å². The average Bonchev–Trinajstić information content (AvgIpc) is 2.33. The third-order valence-corrected chi connectivity index (χ3v) is 2.84. The van der Waals surface area contributed by atoms with Crippen LogP contribution in [0.1, 0.15) is 10.5 Å². The molecule has 3 rings (SSSR count). The van der Waals surface area contributed by atoms with Crippen LogP contribution in [0.2, 0.25) is 0 Å². The van der Waals surface area contributed by atoms with Crippen molar-refractivity contribution in [1.29, 1.82) is 0 Å². The van der Waals surface area contributed by atoms with Crippen LogP contribution in [0.4, 0.5) is 5.69 Å². The number of benzene rings is 1. The number of carbonyl (C=O) groups is 1. The molecule has 1 aromatic heterocycles. The summed E-state index contributed by atoms with van der Waals surface area (Å²) in [4.78, 5) is 16.1. The highest BCUT2D eigenvalue weighted by atomic mass is 16.6. The van der Waals surface area contributed by atoms with E-state index in [4.69, 9.17) is 15.2 Å².